The van der Waals surface area contributed by atoms with Crippen LogP contribution in [0.2, 0.25) is 10.0 Å². The number of hydrazone groups is 1. The highest BCUT2D eigenvalue weighted by atomic mass is 35.5. The third-order valence-corrected chi connectivity index (χ3v) is 7.13. The molecule has 0 fully saturated rings. The van der Waals surface area contributed by atoms with E-state index < -0.39 is 11.9 Å². The number of methoxy groups -OCH3 is 3. The summed E-state index contributed by atoms with van der Waals surface area (Å²) in [5, 5.41) is 5.56. The van der Waals surface area contributed by atoms with Crippen molar-refractivity contribution in [2.45, 2.75) is 0 Å². The van der Waals surface area contributed by atoms with Gasteiger partial charge in [0, 0.05) is 26.7 Å². The average molecular weight is 618 g/mol. The average Bonchev–Trinajstić information content (AvgIpc) is 3.42. The van der Waals surface area contributed by atoms with Crippen molar-refractivity contribution in [2.24, 2.45) is 5.10 Å². The number of amides is 1. The van der Waals surface area contributed by atoms with Crippen LogP contribution < -0.4 is 24.4 Å². The Morgan fingerprint density at radius 3 is 2.23 bits per heavy atom. The summed E-state index contributed by atoms with van der Waals surface area (Å²) in [7, 11) is 4.52. The summed E-state index contributed by atoms with van der Waals surface area (Å²) in [5.74, 6) is 0.340. The number of nitrogens with one attached hydrogen (secondary N) is 2. The molecule has 4 aromatic carbocycles. The van der Waals surface area contributed by atoms with Gasteiger partial charge in [-0.15, -0.1) is 0 Å². The molecule has 5 aromatic rings. The zero-order valence-corrected chi connectivity index (χ0v) is 24.7. The molecule has 0 unspecified atom stereocenters. The first-order chi connectivity index (χ1) is 20.9. The molecule has 5 rings (SSSR count). The van der Waals surface area contributed by atoms with Crippen LogP contribution in [0.25, 0.3) is 22.0 Å². The maximum absolute atomic E-state index is 13.6. The van der Waals surface area contributed by atoms with Crippen molar-refractivity contribution in [1.82, 2.24) is 10.4 Å². The van der Waals surface area contributed by atoms with Gasteiger partial charge in [0.2, 0.25) is 0 Å². The van der Waals surface area contributed by atoms with Gasteiger partial charge >= 0.3 is 5.97 Å². The monoisotopic (exact) mass is 617 g/mol. The Morgan fingerprint density at radius 2 is 1.49 bits per heavy atom. The van der Waals surface area contributed by atoms with Crippen LogP contribution >= 0.6 is 23.2 Å². The third-order valence-electron chi connectivity index (χ3n) is 6.56. The second-order valence-electron chi connectivity index (χ2n) is 9.05. The Hall–Kier alpha value is -4.99. The Labute approximate surface area is 256 Å². The first kappa shape index (κ1) is 29.5. The predicted molar refractivity (Wildman–Crippen MR) is 166 cm³/mol. The largest absolute Gasteiger partial charge is 0.496 e. The molecule has 0 saturated carbocycles. The number of H-pyrrole nitrogens is 1. The molecule has 9 nitrogen and oxygen atoms in total. The number of fused-ring (bicyclic) bond motifs is 1. The van der Waals surface area contributed by atoms with Gasteiger partial charge in [0.1, 0.15) is 34.3 Å². The molecular weight excluding hydrogens is 593 g/mol. The number of hydrogen-bond donors (Lipinski definition) is 2. The van der Waals surface area contributed by atoms with E-state index in [0.717, 1.165) is 0 Å². The molecule has 0 atom stereocenters. The fourth-order valence-corrected chi connectivity index (χ4v) is 4.99. The number of aromatic amines is 1. The lowest BCUT2D eigenvalue weighted by Gasteiger charge is -2.10. The highest BCUT2D eigenvalue weighted by Crippen LogP contribution is 2.44. The number of esters is 1. The SMILES string of the molecule is COc1ccc(Cl)cc1C(=O)Oc1ccccc1C=NNC(=O)c1[nH]c2c(OC)ccc(OC)c2c1-c1ccccc1Cl. The van der Waals surface area contributed by atoms with E-state index >= 15 is 0 Å². The van der Waals surface area contributed by atoms with E-state index in [2.05, 4.69) is 15.5 Å². The number of para-hydroxylation sites is 1. The number of ether oxygens (including phenoxy) is 4. The second kappa shape index (κ2) is 12.9. The van der Waals surface area contributed by atoms with Crippen LogP contribution in [-0.2, 0) is 0 Å². The van der Waals surface area contributed by atoms with E-state index in [-0.39, 0.29) is 17.0 Å². The molecule has 11 heteroatoms. The number of carbonyl (C=O) groups is 2. The first-order valence-electron chi connectivity index (χ1n) is 12.9. The number of benzene rings is 4. The molecular formula is C32H25Cl2N3O6. The van der Waals surface area contributed by atoms with Gasteiger partial charge in [0.25, 0.3) is 5.91 Å². The Morgan fingerprint density at radius 1 is 0.814 bits per heavy atom. The number of aromatic nitrogens is 1. The molecule has 0 radical (unpaired) electrons. The predicted octanol–water partition coefficient (Wildman–Crippen LogP) is 7.15. The number of hydrogen-bond acceptors (Lipinski definition) is 7. The summed E-state index contributed by atoms with van der Waals surface area (Å²) in [4.78, 5) is 29.7. The number of nitrogens with zero attached hydrogens (tertiary/aromatic N) is 1. The fourth-order valence-electron chi connectivity index (χ4n) is 4.58. The van der Waals surface area contributed by atoms with Gasteiger partial charge in [-0.3, -0.25) is 4.79 Å². The van der Waals surface area contributed by atoms with Gasteiger partial charge in [-0.05, 0) is 48.5 Å². The summed E-state index contributed by atoms with van der Waals surface area (Å²) in [6, 6.07) is 22.0. The van der Waals surface area contributed by atoms with Crippen LogP contribution in [0.5, 0.6) is 23.0 Å². The fraction of sp³-hybridized carbons (Fsp3) is 0.0938. The smallest absolute Gasteiger partial charge is 0.347 e. The van der Waals surface area contributed by atoms with Crippen LogP contribution in [0.3, 0.4) is 0 Å². The maximum Gasteiger partial charge on any atom is 0.347 e. The van der Waals surface area contributed by atoms with E-state index in [1.54, 1.807) is 67.8 Å². The lowest BCUT2D eigenvalue weighted by molar-refractivity contribution is 0.0730. The summed E-state index contributed by atoms with van der Waals surface area (Å²) >= 11 is 12.6. The van der Waals surface area contributed by atoms with E-state index in [9.17, 15) is 9.59 Å². The van der Waals surface area contributed by atoms with Crippen molar-refractivity contribution in [3.8, 4) is 34.1 Å². The zero-order valence-electron chi connectivity index (χ0n) is 23.2. The van der Waals surface area contributed by atoms with Crippen LogP contribution in [0, 0.1) is 0 Å². The molecule has 0 aliphatic carbocycles. The van der Waals surface area contributed by atoms with Crippen molar-refractivity contribution < 1.29 is 28.5 Å². The third kappa shape index (κ3) is 5.99. The molecule has 1 heterocycles. The summed E-state index contributed by atoms with van der Waals surface area (Å²) < 4.78 is 22.0. The maximum atomic E-state index is 13.6. The Kier molecular flexibility index (Phi) is 8.85. The molecule has 0 saturated heterocycles. The molecule has 0 spiro atoms. The van der Waals surface area contributed by atoms with Gasteiger partial charge in [-0.25, -0.2) is 10.2 Å². The van der Waals surface area contributed by atoms with Gasteiger partial charge < -0.3 is 23.9 Å². The van der Waals surface area contributed by atoms with Crippen LogP contribution in [0.15, 0.2) is 84.0 Å². The number of rotatable bonds is 9. The van der Waals surface area contributed by atoms with Crippen LogP contribution in [-0.4, -0.2) is 44.4 Å². The molecule has 1 aromatic heterocycles. The van der Waals surface area contributed by atoms with Crippen molar-refractivity contribution >= 4 is 52.2 Å². The minimum absolute atomic E-state index is 0.159. The van der Waals surface area contributed by atoms with Crippen molar-refractivity contribution in [3.05, 3.63) is 106 Å². The van der Waals surface area contributed by atoms with E-state index in [1.165, 1.54) is 26.5 Å². The minimum atomic E-state index is -0.672. The standard InChI is InChI=1S/C32H25Cl2N3O6/c1-40-24-13-12-19(33)16-21(24)32(39)43-23-11-7-4-8-18(23)17-35-37-31(38)30-27(20-9-5-6-10-22(20)34)28-25(41-2)14-15-26(42-3)29(28)36-30/h4-17,36H,1-3H3,(H,37,38). The normalized spacial score (nSPS) is 11.0. The molecule has 0 aliphatic heterocycles. The van der Waals surface area contributed by atoms with Crippen molar-refractivity contribution in [3.63, 3.8) is 0 Å². The summed E-state index contributed by atoms with van der Waals surface area (Å²) in [6.45, 7) is 0. The molecule has 218 valence electrons. The van der Waals surface area contributed by atoms with E-state index in [0.29, 0.717) is 54.9 Å². The Balaban J connectivity index is 1.47. The molecule has 0 bridgehead atoms. The highest BCUT2D eigenvalue weighted by molar-refractivity contribution is 6.34. The quantitative estimate of drug-likeness (QED) is 0.0786. The molecule has 0 aliphatic rings. The van der Waals surface area contributed by atoms with Crippen molar-refractivity contribution in [2.75, 3.05) is 21.3 Å². The topological polar surface area (TPSA) is 111 Å². The lowest BCUT2D eigenvalue weighted by atomic mass is 10.0. The number of carbonyl (C=O) groups excluding carboxylic acids is 2. The lowest BCUT2D eigenvalue weighted by Crippen LogP contribution is -2.19. The number of halogens is 2. The van der Waals surface area contributed by atoms with Crippen molar-refractivity contribution in [1.29, 1.82) is 0 Å². The highest BCUT2D eigenvalue weighted by Gasteiger charge is 2.25. The first-order valence-corrected chi connectivity index (χ1v) is 13.6. The van der Waals surface area contributed by atoms with Gasteiger partial charge in [-0.2, -0.15) is 5.10 Å². The van der Waals surface area contributed by atoms with E-state index in [4.69, 9.17) is 42.1 Å². The summed E-state index contributed by atoms with van der Waals surface area (Å²) in [6.07, 6.45) is 1.37. The molecule has 43 heavy (non-hydrogen) atoms. The molecule has 1 amide bonds. The minimum Gasteiger partial charge on any atom is -0.496 e. The van der Waals surface area contributed by atoms with Gasteiger partial charge in [0.15, 0.2) is 0 Å². The van der Waals surface area contributed by atoms with Crippen LogP contribution in [0.4, 0.5) is 0 Å². The zero-order chi connectivity index (χ0) is 30.5. The van der Waals surface area contributed by atoms with E-state index in [1.807, 2.05) is 12.1 Å². The second-order valence-corrected chi connectivity index (χ2v) is 9.89. The van der Waals surface area contributed by atoms with Gasteiger partial charge in [-0.1, -0.05) is 53.5 Å². The van der Waals surface area contributed by atoms with Crippen LogP contribution in [0.1, 0.15) is 26.4 Å². The molecule has 2 N–H and O–H groups in total. The van der Waals surface area contributed by atoms with Gasteiger partial charge in [0.05, 0.1) is 38.4 Å². The summed E-state index contributed by atoms with van der Waals surface area (Å²) in [5.41, 5.74) is 5.02. The Bertz CT molecular complexity index is 1870.